The Balaban J connectivity index is 1.35. The predicted molar refractivity (Wildman–Crippen MR) is 139 cm³/mol. The molecular weight excluding hydrogens is 454 g/mol. The molecule has 2 aromatic carbocycles. The van der Waals surface area contributed by atoms with E-state index in [-0.39, 0.29) is 6.23 Å². The Kier molecular flexibility index (Phi) is 6.19. The summed E-state index contributed by atoms with van der Waals surface area (Å²) in [6.07, 6.45) is 11.5. The molecule has 186 valence electrons. The van der Waals surface area contributed by atoms with Crippen molar-refractivity contribution >= 4 is 22.4 Å². The van der Waals surface area contributed by atoms with Crippen LogP contribution in [0.2, 0.25) is 0 Å². The maximum absolute atomic E-state index is 5.88. The third-order valence-electron chi connectivity index (χ3n) is 6.97. The second-order valence-electron chi connectivity index (χ2n) is 9.58. The lowest BCUT2D eigenvalue weighted by molar-refractivity contribution is -0.0394. The summed E-state index contributed by atoms with van der Waals surface area (Å²) in [4.78, 5) is 12.0. The summed E-state index contributed by atoms with van der Waals surface area (Å²) in [7, 11) is 3.36. The molecule has 3 heterocycles. The number of anilines is 2. The summed E-state index contributed by atoms with van der Waals surface area (Å²) in [6.45, 7) is 1.72. The lowest BCUT2D eigenvalue weighted by Gasteiger charge is -2.26. The summed E-state index contributed by atoms with van der Waals surface area (Å²) in [6, 6.07) is 12.3. The van der Waals surface area contributed by atoms with Crippen molar-refractivity contribution < 1.29 is 14.2 Å². The minimum absolute atomic E-state index is 0.00311. The van der Waals surface area contributed by atoms with E-state index in [1.54, 1.807) is 14.2 Å². The number of rotatable bonds is 8. The quantitative estimate of drug-likeness (QED) is 0.314. The maximum atomic E-state index is 5.88. The van der Waals surface area contributed by atoms with Crippen molar-refractivity contribution in [2.24, 2.45) is 5.92 Å². The van der Waals surface area contributed by atoms with E-state index in [0.717, 1.165) is 77.6 Å². The Hall–Kier alpha value is -3.65. The number of hydrogen-bond acceptors (Lipinski definition) is 7. The number of hydrogen-bond donors (Lipinski definition) is 0. The largest absolute Gasteiger partial charge is 0.497 e. The molecule has 1 aliphatic heterocycles. The van der Waals surface area contributed by atoms with Crippen LogP contribution in [0.15, 0.2) is 55.0 Å². The topological polar surface area (TPSA) is 74.5 Å². The zero-order chi connectivity index (χ0) is 24.5. The Labute approximate surface area is 210 Å². The number of benzene rings is 2. The van der Waals surface area contributed by atoms with Gasteiger partial charge in [0.25, 0.3) is 0 Å². The van der Waals surface area contributed by atoms with Crippen LogP contribution in [0.4, 0.5) is 11.4 Å². The van der Waals surface area contributed by atoms with E-state index in [2.05, 4.69) is 34.3 Å². The average molecular weight is 486 g/mol. The molecule has 36 heavy (non-hydrogen) atoms. The Morgan fingerprint density at radius 3 is 2.50 bits per heavy atom. The van der Waals surface area contributed by atoms with Gasteiger partial charge in [0.2, 0.25) is 0 Å². The van der Waals surface area contributed by atoms with Crippen molar-refractivity contribution in [3.8, 4) is 22.8 Å². The lowest BCUT2D eigenvalue weighted by Crippen LogP contribution is -2.20. The molecule has 2 aliphatic rings. The molecule has 1 unspecified atom stereocenters. The molecule has 8 nitrogen and oxygen atoms in total. The van der Waals surface area contributed by atoms with Crippen LogP contribution in [0.5, 0.6) is 11.5 Å². The van der Waals surface area contributed by atoms with Gasteiger partial charge in [-0.15, -0.1) is 0 Å². The molecule has 4 aromatic rings. The molecule has 0 radical (unpaired) electrons. The molecule has 0 amide bonds. The second-order valence-corrected chi connectivity index (χ2v) is 9.58. The monoisotopic (exact) mass is 485 g/mol. The van der Waals surface area contributed by atoms with Gasteiger partial charge in [0.05, 0.1) is 43.3 Å². The molecule has 1 saturated heterocycles. The zero-order valence-corrected chi connectivity index (χ0v) is 20.8. The van der Waals surface area contributed by atoms with E-state index in [1.165, 1.54) is 12.8 Å². The first-order valence-electron chi connectivity index (χ1n) is 12.6. The highest BCUT2D eigenvalue weighted by molar-refractivity contribution is 5.82. The average Bonchev–Trinajstić information content (AvgIpc) is 3.63. The van der Waals surface area contributed by atoms with Crippen molar-refractivity contribution in [3.63, 3.8) is 0 Å². The Morgan fingerprint density at radius 1 is 0.944 bits per heavy atom. The van der Waals surface area contributed by atoms with Gasteiger partial charge < -0.3 is 19.1 Å². The molecule has 2 aromatic heterocycles. The molecular formula is C28H31N5O3. The molecule has 8 heteroatoms. The fraction of sp³-hybridized carbons (Fsp3) is 0.393. The highest BCUT2D eigenvalue weighted by atomic mass is 16.5. The van der Waals surface area contributed by atoms with Gasteiger partial charge in [0.15, 0.2) is 0 Å². The van der Waals surface area contributed by atoms with Gasteiger partial charge in [0.1, 0.15) is 17.7 Å². The van der Waals surface area contributed by atoms with Gasteiger partial charge >= 0.3 is 0 Å². The summed E-state index contributed by atoms with van der Waals surface area (Å²) in [5.74, 6) is 2.22. The van der Waals surface area contributed by atoms with Crippen molar-refractivity contribution in [1.29, 1.82) is 0 Å². The summed E-state index contributed by atoms with van der Waals surface area (Å²) in [5.41, 5.74) is 5.56. The Bertz CT molecular complexity index is 1340. The van der Waals surface area contributed by atoms with Crippen molar-refractivity contribution in [3.05, 3.63) is 55.0 Å². The minimum Gasteiger partial charge on any atom is -0.497 e. The standard InChI is InChI=1S/C28H31N5O3/c1-34-23-11-22(12-24(14-23)35-2)32(17-19-6-7-19)21-8-9-25-26(13-21)31-27(16-29-25)20-15-30-33(18-20)28-5-3-4-10-36-28/h8-9,11-16,18-19,28H,3-7,10,17H2,1-2H3. The summed E-state index contributed by atoms with van der Waals surface area (Å²) >= 11 is 0. The number of ether oxygens (including phenoxy) is 3. The van der Waals surface area contributed by atoms with E-state index in [9.17, 15) is 0 Å². The zero-order valence-electron chi connectivity index (χ0n) is 20.8. The molecule has 0 N–H and O–H groups in total. The van der Waals surface area contributed by atoms with Gasteiger partial charge in [0, 0.05) is 54.5 Å². The third kappa shape index (κ3) is 4.73. The van der Waals surface area contributed by atoms with Crippen LogP contribution >= 0.6 is 0 Å². The normalized spacial score (nSPS) is 17.8. The van der Waals surface area contributed by atoms with E-state index < -0.39 is 0 Å². The van der Waals surface area contributed by atoms with Crippen molar-refractivity contribution in [2.75, 3.05) is 32.3 Å². The second kappa shape index (κ2) is 9.78. The molecule has 6 rings (SSSR count). The predicted octanol–water partition coefficient (Wildman–Crippen LogP) is 5.76. The van der Waals surface area contributed by atoms with E-state index >= 15 is 0 Å². The molecule has 1 aliphatic carbocycles. The molecule has 0 bridgehead atoms. The van der Waals surface area contributed by atoms with Crippen molar-refractivity contribution in [1.82, 2.24) is 19.7 Å². The molecule has 1 atom stereocenters. The first kappa shape index (κ1) is 22.8. The number of aromatic nitrogens is 4. The first-order valence-corrected chi connectivity index (χ1v) is 12.6. The number of fused-ring (bicyclic) bond motifs is 1. The molecule has 0 spiro atoms. The van der Waals surface area contributed by atoms with Crippen molar-refractivity contribution in [2.45, 2.75) is 38.3 Å². The van der Waals surface area contributed by atoms with Gasteiger partial charge in [-0.05, 0) is 56.2 Å². The van der Waals surface area contributed by atoms with Gasteiger partial charge in [-0.25, -0.2) is 9.67 Å². The first-order chi connectivity index (χ1) is 17.7. The third-order valence-corrected chi connectivity index (χ3v) is 6.97. The fourth-order valence-corrected chi connectivity index (χ4v) is 4.73. The van der Waals surface area contributed by atoms with Gasteiger partial charge in [-0.1, -0.05) is 0 Å². The highest BCUT2D eigenvalue weighted by Gasteiger charge is 2.26. The van der Waals surface area contributed by atoms with E-state index in [4.69, 9.17) is 24.2 Å². The van der Waals surface area contributed by atoms with Gasteiger partial charge in [-0.3, -0.25) is 4.98 Å². The minimum atomic E-state index is 0.00311. The van der Waals surface area contributed by atoms with E-state index in [0.29, 0.717) is 5.92 Å². The molecule has 2 fully saturated rings. The Morgan fingerprint density at radius 2 is 1.78 bits per heavy atom. The fourth-order valence-electron chi connectivity index (χ4n) is 4.73. The van der Waals surface area contributed by atoms with Crippen LogP contribution < -0.4 is 14.4 Å². The van der Waals surface area contributed by atoms with E-state index in [1.807, 2.05) is 35.4 Å². The number of nitrogens with zero attached hydrogens (tertiary/aromatic N) is 5. The van der Waals surface area contributed by atoms with Crippen LogP contribution in [0, 0.1) is 5.92 Å². The van der Waals surface area contributed by atoms with Crippen LogP contribution in [0.3, 0.4) is 0 Å². The maximum Gasteiger partial charge on any atom is 0.150 e. The lowest BCUT2D eigenvalue weighted by atomic mass is 10.1. The molecule has 1 saturated carbocycles. The van der Waals surface area contributed by atoms with Crippen LogP contribution in [-0.4, -0.2) is 47.1 Å². The van der Waals surface area contributed by atoms with Gasteiger partial charge in [-0.2, -0.15) is 5.10 Å². The van der Waals surface area contributed by atoms with Crippen LogP contribution in [0.25, 0.3) is 22.3 Å². The smallest absolute Gasteiger partial charge is 0.150 e. The SMILES string of the molecule is COc1cc(OC)cc(N(CC2CC2)c2ccc3ncc(-c4cnn(C5CCCCO5)c4)nc3c2)c1. The highest BCUT2D eigenvalue weighted by Crippen LogP contribution is 2.38. The number of methoxy groups -OCH3 is 2. The van der Waals surface area contributed by atoms with Crippen LogP contribution in [0.1, 0.15) is 38.3 Å². The summed E-state index contributed by atoms with van der Waals surface area (Å²) in [5, 5.41) is 4.55. The summed E-state index contributed by atoms with van der Waals surface area (Å²) < 4.78 is 18.9. The van der Waals surface area contributed by atoms with Crippen LogP contribution in [-0.2, 0) is 4.74 Å².